The van der Waals surface area contributed by atoms with Crippen LogP contribution in [0.25, 0.3) is 0 Å². The molecule has 3 aliphatic rings. The van der Waals surface area contributed by atoms with E-state index in [9.17, 15) is 19.2 Å². The molecule has 172 valence electrons. The lowest BCUT2D eigenvalue weighted by Crippen LogP contribution is -2.52. The van der Waals surface area contributed by atoms with Gasteiger partial charge in [0, 0.05) is 19.0 Å². The van der Waals surface area contributed by atoms with Crippen molar-refractivity contribution in [2.75, 3.05) is 13.1 Å². The molecule has 9 heteroatoms. The molecule has 8 nitrogen and oxygen atoms in total. The monoisotopic (exact) mass is 459 g/mol. The zero-order chi connectivity index (χ0) is 22.7. The maximum Gasteiger partial charge on any atom is 0.410 e. The lowest BCUT2D eigenvalue weighted by atomic mass is 9.92. The van der Waals surface area contributed by atoms with Crippen molar-refractivity contribution in [2.24, 2.45) is 17.8 Å². The molecule has 1 aromatic carbocycles. The third-order valence-corrected chi connectivity index (χ3v) is 7.21. The third kappa shape index (κ3) is 4.92. The smallest absolute Gasteiger partial charge is 0.410 e. The van der Waals surface area contributed by atoms with E-state index in [4.69, 9.17) is 4.74 Å². The maximum absolute atomic E-state index is 13.3. The Kier molecular flexibility index (Phi) is 7.03. The highest BCUT2D eigenvalue weighted by atomic mass is 32.1. The van der Waals surface area contributed by atoms with Gasteiger partial charge in [0.05, 0.1) is 6.04 Å². The van der Waals surface area contributed by atoms with Gasteiger partial charge in [0.15, 0.2) is 0 Å². The molecule has 1 saturated carbocycles. The van der Waals surface area contributed by atoms with Crippen LogP contribution >= 0.6 is 12.6 Å². The summed E-state index contributed by atoms with van der Waals surface area (Å²) in [6.45, 7) is 1.17. The van der Waals surface area contributed by atoms with Crippen LogP contribution in [-0.2, 0) is 25.7 Å². The Morgan fingerprint density at radius 3 is 2.66 bits per heavy atom. The molecule has 32 heavy (non-hydrogen) atoms. The Morgan fingerprint density at radius 1 is 1.19 bits per heavy atom. The van der Waals surface area contributed by atoms with E-state index in [1.54, 1.807) is 0 Å². The number of amides is 3. The Hall–Kier alpha value is -2.55. The Balaban J connectivity index is 1.43. The summed E-state index contributed by atoms with van der Waals surface area (Å²) in [5.74, 6) is -0.514. The van der Waals surface area contributed by atoms with Gasteiger partial charge in [0.2, 0.25) is 16.9 Å². The van der Waals surface area contributed by atoms with Crippen LogP contribution < -0.4 is 10.6 Å². The first kappa shape index (κ1) is 22.6. The van der Waals surface area contributed by atoms with Crippen molar-refractivity contribution in [3.8, 4) is 0 Å². The van der Waals surface area contributed by atoms with E-state index < -0.39 is 23.3 Å². The number of nitrogens with one attached hydrogen (secondary N) is 2. The molecule has 0 bridgehead atoms. The molecule has 4 rings (SSSR count). The van der Waals surface area contributed by atoms with Crippen molar-refractivity contribution in [3.63, 3.8) is 0 Å². The number of rotatable bonds is 7. The molecule has 1 aromatic rings. The van der Waals surface area contributed by atoms with Gasteiger partial charge in [0.1, 0.15) is 12.6 Å². The zero-order valence-corrected chi connectivity index (χ0v) is 18.8. The fourth-order valence-corrected chi connectivity index (χ4v) is 5.43. The van der Waals surface area contributed by atoms with E-state index in [1.807, 2.05) is 30.3 Å². The first-order chi connectivity index (χ1) is 15.4. The second kappa shape index (κ2) is 9.94. The number of nitrogens with zero attached hydrogens (tertiary/aromatic N) is 1. The third-order valence-electron chi connectivity index (χ3n) is 6.90. The van der Waals surface area contributed by atoms with Crippen molar-refractivity contribution in [2.45, 2.75) is 50.8 Å². The fraction of sp³-hybridized carbons (Fsp3) is 0.565. The number of likely N-dealkylation sites (tertiary alicyclic amines) is 1. The molecule has 3 amide bonds. The van der Waals surface area contributed by atoms with Gasteiger partial charge >= 0.3 is 6.09 Å². The average Bonchev–Trinajstić information content (AvgIpc) is 3.48. The molecule has 0 aromatic heterocycles. The molecule has 2 N–H and O–H groups in total. The molecule has 1 aliphatic carbocycles. The average molecular weight is 460 g/mol. The molecule has 5 atom stereocenters. The van der Waals surface area contributed by atoms with E-state index in [0.29, 0.717) is 19.5 Å². The Labute approximate surface area is 192 Å². The van der Waals surface area contributed by atoms with Crippen LogP contribution in [0.5, 0.6) is 0 Å². The number of fused-ring (bicyclic) bond motifs is 1. The van der Waals surface area contributed by atoms with Crippen LogP contribution in [0.3, 0.4) is 0 Å². The quantitative estimate of drug-likeness (QED) is 0.540. The predicted molar refractivity (Wildman–Crippen MR) is 120 cm³/mol. The molecule has 2 aliphatic heterocycles. The number of carbonyl (C=O) groups is 4. The van der Waals surface area contributed by atoms with E-state index in [0.717, 1.165) is 24.8 Å². The summed E-state index contributed by atoms with van der Waals surface area (Å²) in [4.78, 5) is 51.7. The molecule has 0 radical (unpaired) electrons. The first-order valence-corrected chi connectivity index (χ1v) is 11.7. The lowest BCUT2D eigenvalue weighted by molar-refractivity contribution is -0.130. The van der Waals surface area contributed by atoms with E-state index in [1.165, 1.54) is 4.90 Å². The van der Waals surface area contributed by atoms with Crippen LogP contribution in [0.15, 0.2) is 30.3 Å². The van der Waals surface area contributed by atoms with Crippen molar-refractivity contribution >= 4 is 35.7 Å². The highest BCUT2D eigenvalue weighted by Gasteiger charge is 2.50. The molecule has 0 spiro atoms. The Bertz CT molecular complexity index is 880. The van der Waals surface area contributed by atoms with Gasteiger partial charge in [-0.05, 0) is 43.1 Å². The van der Waals surface area contributed by atoms with Crippen molar-refractivity contribution < 1.29 is 23.9 Å². The molecule has 3 fully saturated rings. The summed E-state index contributed by atoms with van der Waals surface area (Å²) in [5, 5.41) is 5.04. The van der Waals surface area contributed by atoms with Crippen molar-refractivity contribution in [3.05, 3.63) is 35.9 Å². The summed E-state index contributed by atoms with van der Waals surface area (Å²) >= 11 is 3.93. The van der Waals surface area contributed by atoms with Gasteiger partial charge in [-0.2, -0.15) is 0 Å². The van der Waals surface area contributed by atoms with Crippen LogP contribution in [0, 0.1) is 17.8 Å². The first-order valence-electron chi connectivity index (χ1n) is 11.2. The standard InChI is InChI=1S/C23H29N3O5S/c27-20-15(9-10-24-20)11-18(22(29)32)25-21(28)19-17-8-4-7-16(17)12-26(19)23(30)31-13-14-5-2-1-3-6-14/h1-3,5-6,15-19H,4,7-13H2,(H,24,27)(H,25,28)(H,29,32)/t15-,16-,17-,18-,19-/m0/s1. The molecular weight excluding hydrogens is 430 g/mol. The number of benzene rings is 1. The van der Waals surface area contributed by atoms with Gasteiger partial charge in [-0.3, -0.25) is 19.3 Å². The van der Waals surface area contributed by atoms with Gasteiger partial charge in [-0.15, -0.1) is 12.6 Å². The van der Waals surface area contributed by atoms with Crippen LogP contribution in [0.4, 0.5) is 4.79 Å². The number of hydrogen-bond acceptors (Lipinski definition) is 5. The highest BCUT2D eigenvalue weighted by molar-refractivity contribution is 7.96. The van der Waals surface area contributed by atoms with E-state index in [2.05, 4.69) is 23.3 Å². The van der Waals surface area contributed by atoms with E-state index in [-0.39, 0.29) is 42.6 Å². The predicted octanol–water partition coefficient (Wildman–Crippen LogP) is 1.89. The molecular formula is C23H29N3O5S. The minimum Gasteiger partial charge on any atom is -0.445 e. The normalized spacial score (nSPS) is 27.5. The minimum atomic E-state index is -0.873. The van der Waals surface area contributed by atoms with Gasteiger partial charge in [-0.1, -0.05) is 36.8 Å². The van der Waals surface area contributed by atoms with Crippen LogP contribution in [-0.4, -0.2) is 53.1 Å². The fourth-order valence-electron chi connectivity index (χ4n) is 5.26. The van der Waals surface area contributed by atoms with E-state index >= 15 is 0 Å². The topological polar surface area (TPSA) is 105 Å². The number of hydrogen-bond donors (Lipinski definition) is 3. The lowest BCUT2D eigenvalue weighted by Gasteiger charge is -2.28. The van der Waals surface area contributed by atoms with Crippen LogP contribution in [0.1, 0.15) is 37.7 Å². The SMILES string of the molecule is O=C1NCC[C@H]1C[C@H](NC(=O)[C@@H]1[C@H]2CCC[C@H]2CN1C(=O)OCc1ccccc1)C(=O)S. The molecule has 2 saturated heterocycles. The number of thiol groups is 1. The summed E-state index contributed by atoms with van der Waals surface area (Å²) in [6.07, 6.45) is 3.15. The summed E-state index contributed by atoms with van der Waals surface area (Å²) in [6, 6.07) is 7.83. The second-order valence-corrected chi connectivity index (χ2v) is 9.34. The van der Waals surface area contributed by atoms with Gasteiger partial charge < -0.3 is 15.4 Å². The highest BCUT2D eigenvalue weighted by Crippen LogP contribution is 2.42. The van der Waals surface area contributed by atoms with Crippen molar-refractivity contribution in [1.29, 1.82) is 0 Å². The largest absolute Gasteiger partial charge is 0.445 e. The number of ether oxygens (including phenoxy) is 1. The van der Waals surface area contributed by atoms with Crippen LogP contribution in [0.2, 0.25) is 0 Å². The van der Waals surface area contributed by atoms with Gasteiger partial charge in [-0.25, -0.2) is 4.79 Å². The molecule has 2 heterocycles. The van der Waals surface area contributed by atoms with Gasteiger partial charge in [0.25, 0.3) is 0 Å². The number of carbonyl (C=O) groups excluding carboxylic acids is 4. The second-order valence-electron chi connectivity index (χ2n) is 8.90. The van der Waals surface area contributed by atoms with Crippen molar-refractivity contribution in [1.82, 2.24) is 15.5 Å². The zero-order valence-electron chi connectivity index (χ0n) is 17.9. The summed E-state index contributed by atoms with van der Waals surface area (Å²) < 4.78 is 5.50. The molecule has 0 unspecified atom stereocenters. The minimum absolute atomic E-state index is 0.0460. The summed E-state index contributed by atoms with van der Waals surface area (Å²) in [7, 11) is 0. The maximum atomic E-state index is 13.3. The summed E-state index contributed by atoms with van der Waals surface area (Å²) in [5.41, 5.74) is 0.872. The Morgan fingerprint density at radius 2 is 1.97 bits per heavy atom.